The number of aliphatic hydroxyl groups is 1. The molecule has 3 heterocycles. The molecule has 10 nitrogen and oxygen atoms in total. The van der Waals surface area contributed by atoms with Crippen molar-refractivity contribution in [2.24, 2.45) is 18.9 Å². The molecular weight excluding hydrogens is 590 g/mol. The molecule has 0 unspecified atom stereocenters. The molecule has 3 aliphatic rings. The molecule has 3 aromatic rings. The zero-order valence-corrected chi connectivity index (χ0v) is 28.6. The first kappa shape index (κ1) is 33.4. The molecule has 0 spiro atoms. The van der Waals surface area contributed by atoms with Crippen LogP contribution in [0, 0.1) is 11.8 Å². The summed E-state index contributed by atoms with van der Waals surface area (Å²) in [6, 6.07) is 11.0. The summed E-state index contributed by atoms with van der Waals surface area (Å²) in [4.78, 5) is 26.8. The summed E-state index contributed by atoms with van der Waals surface area (Å²) in [7, 11) is 4.07. The Morgan fingerprint density at radius 3 is 2.57 bits per heavy atom. The maximum absolute atomic E-state index is 11.6. The van der Waals surface area contributed by atoms with Crippen molar-refractivity contribution in [3.05, 3.63) is 65.1 Å². The van der Waals surface area contributed by atoms with Gasteiger partial charge in [0.05, 0.1) is 29.5 Å². The van der Waals surface area contributed by atoms with E-state index < -0.39 is 11.6 Å². The average Bonchev–Trinajstić information content (AvgIpc) is 3.50. The minimum absolute atomic E-state index is 0.0693. The highest BCUT2D eigenvalue weighted by atomic mass is 16.4. The smallest absolute Gasteiger partial charge is 0.306 e. The molecule has 0 radical (unpaired) electrons. The number of nitrogens with one attached hydrogen (secondary N) is 1. The predicted molar refractivity (Wildman–Crippen MR) is 185 cm³/mol. The van der Waals surface area contributed by atoms with Gasteiger partial charge >= 0.3 is 5.97 Å². The summed E-state index contributed by atoms with van der Waals surface area (Å²) in [5.41, 5.74) is 4.07. The van der Waals surface area contributed by atoms with Gasteiger partial charge in [-0.25, -0.2) is 4.98 Å². The molecule has 4 atom stereocenters. The molecule has 10 heteroatoms. The Morgan fingerprint density at radius 1 is 1.15 bits per heavy atom. The molecule has 6 rings (SSSR count). The molecule has 254 valence electrons. The SMILES string of the molecule is CC[C@H](C1CCC(C(=O)O)CC1)N(C)c1nc2c(c(N[C@@H](CN3CCC[C@@](C)(O)C3)c3cnn(C)c3)n1)C[C@H](c1ccccc1)CC2. The maximum atomic E-state index is 11.6. The second-order valence-electron chi connectivity index (χ2n) is 14.7. The van der Waals surface area contributed by atoms with Crippen molar-refractivity contribution >= 4 is 17.7 Å². The second-order valence-corrected chi connectivity index (χ2v) is 14.7. The Kier molecular flexibility index (Phi) is 10.2. The van der Waals surface area contributed by atoms with E-state index in [0.717, 1.165) is 100 Å². The number of carbonyl (C=O) groups is 1. The molecule has 1 aromatic carbocycles. The van der Waals surface area contributed by atoms with Crippen molar-refractivity contribution in [1.29, 1.82) is 0 Å². The van der Waals surface area contributed by atoms with Gasteiger partial charge in [-0.05, 0) is 95.1 Å². The molecule has 2 fully saturated rings. The number of carboxylic acids is 1. The van der Waals surface area contributed by atoms with Crippen LogP contribution in [0.5, 0.6) is 0 Å². The predicted octanol–water partition coefficient (Wildman–Crippen LogP) is 5.59. The third kappa shape index (κ3) is 7.81. The van der Waals surface area contributed by atoms with Crippen LogP contribution in [-0.4, -0.2) is 79.2 Å². The lowest BCUT2D eigenvalue weighted by Crippen LogP contribution is -2.48. The van der Waals surface area contributed by atoms with E-state index >= 15 is 0 Å². The lowest BCUT2D eigenvalue weighted by molar-refractivity contribution is -0.143. The second kappa shape index (κ2) is 14.3. The Hall–Kier alpha value is -3.50. The highest BCUT2D eigenvalue weighted by Crippen LogP contribution is 2.39. The Balaban J connectivity index is 1.33. The summed E-state index contributed by atoms with van der Waals surface area (Å²) in [6.45, 7) is 6.48. The standard InChI is InChI=1S/C37H53N7O3/c1-5-33(26-12-14-27(15-13-26)35(45)46)43(4)36-40-31-17-16-28(25-10-7-6-8-11-25)20-30(31)34(41-36)39-32(29-21-38-42(3)22-29)23-44-19-9-18-37(2,47)24-44/h6-8,10-11,21-22,26-28,32-33,47H,5,9,12-20,23-24H2,1-4H3,(H,45,46)(H,39,40,41)/t26?,27?,28-,32+,33-,37-/m1/s1. The first-order chi connectivity index (χ1) is 22.6. The molecule has 0 bridgehead atoms. The first-order valence-electron chi connectivity index (χ1n) is 17.7. The first-order valence-corrected chi connectivity index (χ1v) is 17.7. The number of piperidine rings is 1. The quantitative estimate of drug-likeness (QED) is 0.246. The molecule has 0 amide bonds. The summed E-state index contributed by atoms with van der Waals surface area (Å²) in [6.07, 6.45) is 12.9. The van der Waals surface area contributed by atoms with E-state index in [9.17, 15) is 15.0 Å². The largest absolute Gasteiger partial charge is 0.481 e. The number of hydrogen-bond acceptors (Lipinski definition) is 8. The lowest BCUT2D eigenvalue weighted by Gasteiger charge is -2.39. The fourth-order valence-electron chi connectivity index (χ4n) is 8.46. The number of anilines is 2. The van der Waals surface area contributed by atoms with Gasteiger partial charge in [0.2, 0.25) is 5.95 Å². The van der Waals surface area contributed by atoms with Crippen molar-refractivity contribution in [3.63, 3.8) is 0 Å². The van der Waals surface area contributed by atoms with E-state index in [0.29, 0.717) is 18.4 Å². The highest BCUT2D eigenvalue weighted by molar-refractivity contribution is 5.70. The number of benzene rings is 1. The summed E-state index contributed by atoms with van der Waals surface area (Å²) < 4.78 is 1.85. The van der Waals surface area contributed by atoms with Crippen LogP contribution in [0.4, 0.5) is 11.8 Å². The molecular formula is C37H53N7O3. The number of rotatable bonds is 11. The van der Waals surface area contributed by atoms with Crippen molar-refractivity contribution < 1.29 is 15.0 Å². The van der Waals surface area contributed by atoms with Gasteiger partial charge in [-0.15, -0.1) is 0 Å². The van der Waals surface area contributed by atoms with Crippen LogP contribution < -0.4 is 10.2 Å². The summed E-state index contributed by atoms with van der Waals surface area (Å²) in [5, 5.41) is 28.9. The number of β-amino-alcohol motifs (C(OH)–C–C–N with tert-alkyl or cyclic N) is 1. The summed E-state index contributed by atoms with van der Waals surface area (Å²) in [5.74, 6) is 1.55. The summed E-state index contributed by atoms with van der Waals surface area (Å²) >= 11 is 0. The van der Waals surface area contributed by atoms with Gasteiger partial charge in [0.1, 0.15) is 5.82 Å². The normalized spacial score (nSPS) is 26.3. The van der Waals surface area contributed by atoms with Crippen LogP contribution in [0.25, 0.3) is 0 Å². The van der Waals surface area contributed by atoms with Gasteiger partial charge in [0.25, 0.3) is 0 Å². The fourth-order valence-corrected chi connectivity index (χ4v) is 8.46. The zero-order chi connectivity index (χ0) is 33.1. The van der Waals surface area contributed by atoms with Crippen molar-refractivity contribution in [1.82, 2.24) is 24.6 Å². The number of aryl methyl sites for hydroxylation is 2. The van der Waals surface area contributed by atoms with Gasteiger partial charge in [-0.3, -0.25) is 14.4 Å². The molecule has 1 saturated carbocycles. The number of carboxylic acid groups (broad SMARTS) is 1. The Bertz CT molecular complexity index is 1500. The highest BCUT2D eigenvalue weighted by Gasteiger charge is 2.35. The van der Waals surface area contributed by atoms with Gasteiger partial charge < -0.3 is 20.4 Å². The number of hydrogen-bond donors (Lipinski definition) is 3. The van der Waals surface area contributed by atoms with Crippen molar-refractivity contribution in [2.45, 2.75) is 102 Å². The topological polar surface area (TPSA) is 120 Å². The van der Waals surface area contributed by atoms with E-state index in [4.69, 9.17) is 9.97 Å². The minimum Gasteiger partial charge on any atom is -0.481 e. The van der Waals surface area contributed by atoms with Crippen LogP contribution in [-0.2, 0) is 24.7 Å². The third-order valence-electron chi connectivity index (χ3n) is 11.1. The van der Waals surface area contributed by atoms with Crippen molar-refractivity contribution in [2.75, 3.05) is 36.9 Å². The zero-order valence-electron chi connectivity index (χ0n) is 28.6. The number of likely N-dealkylation sites (tertiary alicyclic amines) is 1. The average molecular weight is 644 g/mol. The van der Waals surface area contributed by atoms with E-state index in [2.05, 4.69) is 70.7 Å². The third-order valence-corrected chi connectivity index (χ3v) is 11.1. The molecule has 2 aromatic heterocycles. The molecule has 47 heavy (non-hydrogen) atoms. The fraction of sp³-hybridized carbons (Fsp3) is 0.622. The van der Waals surface area contributed by atoms with Crippen LogP contribution in [0.3, 0.4) is 0 Å². The molecule has 3 N–H and O–H groups in total. The lowest BCUT2D eigenvalue weighted by atomic mass is 9.77. The number of nitrogens with zero attached hydrogens (tertiary/aromatic N) is 6. The maximum Gasteiger partial charge on any atom is 0.306 e. The van der Waals surface area contributed by atoms with Crippen LogP contribution in [0.15, 0.2) is 42.7 Å². The van der Waals surface area contributed by atoms with Crippen molar-refractivity contribution in [3.8, 4) is 0 Å². The monoisotopic (exact) mass is 643 g/mol. The van der Waals surface area contributed by atoms with Gasteiger partial charge in [-0.2, -0.15) is 10.1 Å². The number of aromatic nitrogens is 4. The number of fused-ring (bicyclic) bond motifs is 1. The number of aliphatic carboxylic acids is 1. The van der Waals surface area contributed by atoms with E-state index in [1.165, 1.54) is 11.1 Å². The van der Waals surface area contributed by atoms with E-state index in [-0.39, 0.29) is 18.0 Å². The Labute approximate surface area is 279 Å². The van der Waals surface area contributed by atoms with Gasteiger partial charge in [0.15, 0.2) is 0 Å². The van der Waals surface area contributed by atoms with Crippen LogP contribution in [0.1, 0.15) is 99.6 Å². The van der Waals surface area contributed by atoms with E-state index in [1.54, 1.807) is 0 Å². The minimum atomic E-state index is -0.691. The van der Waals surface area contributed by atoms with Crippen LogP contribution >= 0.6 is 0 Å². The molecule has 2 aliphatic carbocycles. The van der Waals surface area contributed by atoms with Crippen LogP contribution in [0.2, 0.25) is 0 Å². The van der Waals surface area contributed by atoms with Gasteiger partial charge in [0, 0.05) is 50.6 Å². The van der Waals surface area contributed by atoms with E-state index in [1.807, 2.05) is 24.9 Å². The van der Waals surface area contributed by atoms with Gasteiger partial charge in [-0.1, -0.05) is 37.3 Å². The Morgan fingerprint density at radius 2 is 1.91 bits per heavy atom. The molecule has 1 saturated heterocycles. The molecule has 1 aliphatic heterocycles.